The number of hydrogen-bond donors (Lipinski definition) is 1. The Morgan fingerprint density at radius 2 is 1.71 bits per heavy atom. The van der Waals surface area contributed by atoms with Crippen LogP contribution in [0.25, 0.3) is 0 Å². The van der Waals surface area contributed by atoms with E-state index in [0.717, 1.165) is 13.0 Å². The van der Waals surface area contributed by atoms with Crippen LogP contribution >= 0.6 is 12.4 Å². The maximum absolute atomic E-state index is 5.59. The van der Waals surface area contributed by atoms with Gasteiger partial charge in [0.2, 0.25) is 0 Å². The van der Waals surface area contributed by atoms with Crippen LogP contribution in [0.5, 0.6) is 0 Å². The summed E-state index contributed by atoms with van der Waals surface area (Å²) >= 11 is 0. The first-order chi connectivity index (χ1) is 6.05. The molecule has 1 aromatic carbocycles. The molecule has 0 bridgehead atoms. The van der Waals surface area contributed by atoms with Crippen molar-refractivity contribution in [1.82, 2.24) is 0 Å². The zero-order valence-electron chi connectivity index (χ0n) is 9.21. The van der Waals surface area contributed by atoms with Crippen LogP contribution in [0.15, 0.2) is 24.3 Å². The monoisotopic (exact) mass is 229 g/mol. The molecule has 0 heterocycles. The molecule has 0 aliphatic heterocycles. The van der Waals surface area contributed by atoms with Crippen LogP contribution in [0.4, 0.5) is 0 Å². The van der Waals surface area contributed by atoms with Crippen LogP contribution in [0.3, 0.4) is 0 Å². The third kappa shape index (κ3) is 3.44. The van der Waals surface area contributed by atoms with Crippen LogP contribution in [0.2, 0.25) is 19.6 Å². The van der Waals surface area contributed by atoms with Gasteiger partial charge in [0.05, 0.1) is 8.07 Å². The largest absolute Gasteiger partial charge is 0.330 e. The van der Waals surface area contributed by atoms with Crippen LogP contribution in [-0.4, -0.2) is 14.6 Å². The first-order valence-electron chi connectivity index (χ1n) is 4.84. The Morgan fingerprint density at radius 1 is 1.14 bits per heavy atom. The summed E-state index contributed by atoms with van der Waals surface area (Å²) in [6, 6.07) is 8.71. The molecular formula is C11H20ClNSi. The number of rotatable bonds is 3. The SMILES string of the molecule is C[Si](C)(C)c1ccccc1CCN.Cl. The highest BCUT2D eigenvalue weighted by Gasteiger charge is 2.18. The van der Waals surface area contributed by atoms with Crippen molar-refractivity contribution in [3.05, 3.63) is 29.8 Å². The number of benzene rings is 1. The topological polar surface area (TPSA) is 26.0 Å². The molecule has 14 heavy (non-hydrogen) atoms. The summed E-state index contributed by atoms with van der Waals surface area (Å²) < 4.78 is 0. The second-order valence-electron chi connectivity index (χ2n) is 4.45. The summed E-state index contributed by atoms with van der Waals surface area (Å²) in [7, 11) is -1.17. The van der Waals surface area contributed by atoms with Crippen molar-refractivity contribution in [1.29, 1.82) is 0 Å². The molecule has 2 N–H and O–H groups in total. The Bertz CT molecular complexity index is 281. The summed E-state index contributed by atoms with van der Waals surface area (Å²) in [6.07, 6.45) is 1.01. The Morgan fingerprint density at radius 3 is 2.21 bits per heavy atom. The molecule has 1 aromatic rings. The Labute approximate surface area is 94.1 Å². The first kappa shape index (κ1) is 13.7. The normalized spacial score (nSPS) is 10.9. The predicted molar refractivity (Wildman–Crippen MR) is 69.4 cm³/mol. The van der Waals surface area contributed by atoms with Crippen molar-refractivity contribution in [2.24, 2.45) is 5.73 Å². The summed E-state index contributed by atoms with van der Waals surface area (Å²) in [5.41, 5.74) is 7.04. The van der Waals surface area contributed by atoms with Gasteiger partial charge >= 0.3 is 0 Å². The van der Waals surface area contributed by atoms with Gasteiger partial charge in [0.1, 0.15) is 0 Å². The maximum atomic E-state index is 5.59. The lowest BCUT2D eigenvalue weighted by molar-refractivity contribution is 0.974. The molecule has 0 fully saturated rings. The second kappa shape index (κ2) is 5.54. The predicted octanol–water partition coefficient (Wildman–Crippen LogP) is 2.15. The summed E-state index contributed by atoms with van der Waals surface area (Å²) in [5, 5.41) is 1.56. The first-order valence-corrected chi connectivity index (χ1v) is 8.34. The fourth-order valence-electron chi connectivity index (χ4n) is 1.63. The molecular weight excluding hydrogens is 210 g/mol. The van der Waals surface area contributed by atoms with Gasteiger partial charge in [-0.25, -0.2) is 0 Å². The minimum atomic E-state index is -1.17. The van der Waals surface area contributed by atoms with Crippen molar-refractivity contribution >= 4 is 25.7 Å². The van der Waals surface area contributed by atoms with E-state index in [4.69, 9.17) is 5.73 Å². The molecule has 0 saturated heterocycles. The maximum Gasteiger partial charge on any atom is 0.0779 e. The fourth-order valence-corrected chi connectivity index (χ4v) is 3.39. The van der Waals surface area contributed by atoms with Gasteiger partial charge in [-0.15, -0.1) is 12.4 Å². The summed E-state index contributed by atoms with van der Waals surface area (Å²) in [5.74, 6) is 0. The number of halogens is 1. The molecule has 1 rings (SSSR count). The molecule has 0 saturated carbocycles. The number of hydrogen-bond acceptors (Lipinski definition) is 1. The van der Waals surface area contributed by atoms with Crippen molar-refractivity contribution < 1.29 is 0 Å². The highest BCUT2D eigenvalue weighted by molar-refractivity contribution is 6.89. The van der Waals surface area contributed by atoms with Crippen LogP contribution < -0.4 is 10.9 Å². The molecule has 0 atom stereocenters. The number of nitrogens with two attached hydrogens (primary N) is 1. The molecule has 0 unspecified atom stereocenters. The average Bonchev–Trinajstić information content (AvgIpc) is 2.04. The molecule has 0 radical (unpaired) electrons. The van der Waals surface area contributed by atoms with Gasteiger partial charge in [-0.3, -0.25) is 0 Å². The van der Waals surface area contributed by atoms with Crippen LogP contribution in [0.1, 0.15) is 5.56 Å². The van der Waals surface area contributed by atoms with Crippen molar-refractivity contribution in [3.8, 4) is 0 Å². The molecule has 80 valence electrons. The van der Waals surface area contributed by atoms with Crippen molar-refractivity contribution in [2.45, 2.75) is 26.1 Å². The smallest absolute Gasteiger partial charge is 0.0779 e. The van der Waals surface area contributed by atoms with E-state index in [9.17, 15) is 0 Å². The van der Waals surface area contributed by atoms with Gasteiger partial charge in [0.25, 0.3) is 0 Å². The lowest BCUT2D eigenvalue weighted by atomic mass is 10.1. The van der Waals surface area contributed by atoms with E-state index in [2.05, 4.69) is 43.9 Å². The standard InChI is InChI=1S/C11H19NSi.ClH/c1-13(2,3)11-7-5-4-6-10(11)8-9-12;/h4-7H,8-9,12H2,1-3H3;1H. The van der Waals surface area contributed by atoms with Crippen molar-refractivity contribution in [3.63, 3.8) is 0 Å². The Hall–Kier alpha value is -0.313. The lowest BCUT2D eigenvalue weighted by Crippen LogP contribution is -2.40. The van der Waals surface area contributed by atoms with Gasteiger partial charge in [0, 0.05) is 0 Å². The minimum absolute atomic E-state index is 0. The van der Waals surface area contributed by atoms with E-state index in [1.807, 2.05) is 0 Å². The molecule has 0 aliphatic rings. The van der Waals surface area contributed by atoms with E-state index in [-0.39, 0.29) is 12.4 Å². The van der Waals surface area contributed by atoms with E-state index in [0.29, 0.717) is 0 Å². The third-order valence-electron chi connectivity index (χ3n) is 2.24. The Balaban J connectivity index is 0.00000169. The average molecular weight is 230 g/mol. The van der Waals surface area contributed by atoms with E-state index >= 15 is 0 Å². The highest BCUT2D eigenvalue weighted by atomic mass is 35.5. The molecule has 1 nitrogen and oxygen atoms in total. The van der Waals surface area contributed by atoms with Gasteiger partial charge in [0.15, 0.2) is 0 Å². The quantitative estimate of drug-likeness (QED) is 0.790. The van der Waals surface area contributed by atoms with Crippen molar-refractivity contribution in [2.75, 3.05) is 6.54 Å². The molecule has 0 spiro atoms. The highest BCUT2D eigenvalue weighted by Crippen LogP contribution is 2.07. The molecule has 0 amide bonds. The second-order valence-corrected chi connectivity index (χ2v) is 9.48. The van der Waals surface area contributed by atoms with E-state index < -0.39 is 8.07 Å². The molecule has 0 aromatic heterocycles. The fraction of sp³-hybridized carbons (Fsp3) is 0.455. The van der Waals surface area contributed by atoms with E-state index in [1.54, 1.807) is 5.19 Å². The third-order valence-corrected chi connectivity index (χ3v) is 4.34. The van der Waals surface area contributed by atoms with Gasteiger partial charge < -0.3 is 5.73 Å². The zero-order valence-corrected chi connectivity index (χ0v) is 11.0. The van der Waals surface area contributed by atoms with Crippen LogP contribution in [0, 0.1) is 0 Å². The van der Waals surface area contributed by atoms with Crippen LogP contribution in [-0.2, 0) is 6.42 Å². The minimum Gasteiger partial charge on any atom is -0.330 e. The summed E-state index contributed by atoms with van der Waals surface area (Å²) in [4.78, 5) is 0. The zero-order chi connectivity index (χ0) is 9.90. The van der Waals surface area contributed by atoms with Gasteiger partial charge in [-0.05, 0) is 18.5 Å². The molecule has 0 aliphatic carbocycles. The van der Waals surface area contributed by atoms with Gasteiger partial charge in [-0.2, -0.15) is 0 Å². The van der Waals surface area contributed by atoms with Gasteiger partial charge in [-0.1, -0.05) is 49.1 Å². The summed E-state index contributed by atoms with van der Waals surface area (Å²) in [6.45, 7) is 7.88. The Kier molecular flexibility index (Phi) is 5.42. The lowest BCUT2D eigenvalue weighted by Gasteiger charge is -2.20. The molecule has 3 heteroatoms. The van der Waals surface area contributed by atoms with E-state index in [1.165, 1.54) is 5.56 Å².